The Balaban J connectivity index is 2.69. The molecule has 4 heteroatoms. The zero-order chi connectivity index (χ0) is 9.73. The lowest BCUT2D eigenvalue weighted by Gasteiger charge is -2.25. The average Bonchev–Trinajstić information content (AvgIpc) is 2.16. The minimum atomic E-state index is -0.765. The van der Waals surface area contributed by atoms with Gasteiger partial charge in [0.25, 0.3) is 10.0 Å². The predicted molar refractivity (Wildman–Crippen MR) is 60.1 cm³/mol. The molecule has 1 rings (SSSR count). The Morgan fingerprint density at radius 3 is 2.38 bits per heavy atom. The second kappa shape index (κ2) is 4.71. The summed E-state index contributed by atoms with van der Waals surface area (Å²) in [7, 11) is 0.0169. The van der Waals surface area contributed by atoms with Crippen molar-refractivity contribution in [3.8, 4) is 0 Å². The van der Waals surface area contributed by atoms with Gasteiger partial charge in [0.1, 0.15) is 10.5 Å². The van der Waals surface area contributed by atoms with E-state index in [1.165, 1.54) is 5.56 Å². The maximum atomic E-state index is 5.72. The summed E-state index contributed by atoms with van der Waals surface area (Å²) in [6, 6.07) is 10.2. The normalized spacial score (nSPS) is 12.8. The molecule has 0 aliphatic rings. The van der Waals surface area contributed by atoms with Crippen molar-refractivity contribution in [1.29, 1.82) is 0 Å². The highest BCUT2D eigenvalue weighted by Gasteiger charge is 2.19. The molecule has 0 aliphatic carbocycles. The molecule has 0 unspecified atom stereocenters. The first-order valence-electron chi connectivity index (χ1n) is 4.35. The van der Waals surface area contributed by atoms with Crippen LogP contribution in [0.25, 0.3) is 0 Å². The van der Waals surface area contributed by atoms with E-state index >= 15 is 0 Å². The quantitative estimate of drug-likeness (QED) is 0.666. The summed E-state index contributed by atoms with van der Waals surface area (Å²) in [5.74, 6) is 0. The van der Waals surface area contributed by atoms with Crippen LogP contribution < -0.4 is 0 Å². The smallest absolute Gasteiger partial charge is 0.294 e. The highest BCUT2D eigenvalue weighted by molar-refractivity contribution is 6.27. The van der Waals surface area contributed by atoms with E-state index in [9.17, 15) is 0 Å². The molecule has 2 nitrogen and oxygen atoms in total. The summed E-state index contributed by atoms with van der Waals surface area (Å²) in [4.78, 5) is 0. The summed E-state index contributed by atoms with van der Waals surface area (Å²) in [5, 5.41) is 0. The molecule has 0 heterocycles. The number of benzene rings is 1. The second-order valence-corrected chi connectivity index (χ2v) is 6.26. The standard InChI is InChI=1S/C9H16O2Si2/c1-9(2,10-13-11-12)8-6-4-3-5-7-8/h3-7H,13H2,1-2,12H3. The minimum Gasteiger partial charge on any atom is -0.449 e. The highest BCUT2D eigenvalue weighted by atomic mass is 28.3. The van der Waals surface area contributed by atoms with Gasteiger partial charge in [-0.3, -0.25) is 0 Å². The lowest BCUT2D eigenvalue weighted by Crippen LogP contribution is -2.24. The van der Waals surface area contributed by atoms with E-state index in [0.717, 1.165) is 10.5 Å². The van der Waals surface area contributed by atoms with Crippen LogP contribution in [0.3, 0.4) is 0 Å². The fourth-order valence-electron chi connectivity index (χ4n) is 1.13. The SMILES string of the molecule is CC(C)(O[SiH2]O[SiH3])c1ccccc1. The average molecular weight is 212 g/mol. The fraction of sp³-hybridized carbons (Fsp3) is 0.333. The van der Waals surface area contributed by atoms with Gasteiger partial charge < -0.3 is 8.54 Å². The van der Waals surface area contributed by atoms with Crippen LogP contribution >= 0.6 is 0 Å². The molecule has 0 saturated heterocycles. The number of rotatable bonds is 4. The third kappa shape index (κ3) is 3.07. The Hall–Kier alpha value is -0.426. The minimum absolute atomic E-state index is 0.197. The lowest BCUT2D eigenvalue weighted by atomic mass is 9.99. The molecular weight excluding hydrogens is 196 g/mol. The van der Waals surface area contributed by atoms with Gasteiger partial charge in [0.05, 0.1) is 5.60 Å². The molecule has 72 valence electrons. The zero-order valence-corrected chi connectivity index (χ0v) is 11.8. The molecule has 1 aromatic carbocycles. The molecule has 0 atom stereocenters. The van der Waals surface area contributed by atoms with Crippen LogP contribution in [-0.2, 0) is 14.1 Å². The van der Waals surface area contributed by atoms with Crippen LogP contribution in [0.4, 0.5) is 0 Å². The largest absolute Gasteiger partial charge is 0.449 e. The van der Waals surface area contributed by atoms with Gasteiger partial charge in [0.2, 0.25) is 0 Å². The lowest BCUT2D eigenvalue weighted by molar-refractivity contribution is 0.0979. The first-order chi connectivity index (χ1) is 6.17. The van der Waals surface area contributed by atoms with Crippen molar-refractivity contribution in [2.24, 2.45) is 0 Å². The highest BCUT2D eigenvalue weighted by Crippen LogP contribution is 2.23. The molecular formula is C9H16O2Si2. The van der Waals surface area contributed by atoms with Gasteiger partial charge >= 0.3 is 0 Å². The third-order valence-corrected chi connectivity index (χ3v) is 3.79. The first kappa shape index (κ1) is 10.7. The van der Waals surface area contributed by atoms with Crippen molar-refractivity contribution in [2.75, 3.05) is 0 Å². The van der Waals surface area contributed by atoms with E-state index in [-0.39, 0.29) is 5.60 Å². The van der Waals surface area contributed by atoms with Crippen molar-refractivity contribution in [2.45, 2.75) is 19.4 Å². The Morgan fingerprint density at radius 2 is 1.85 bits per heavy atom. The Bertz CT molecular complexity index is 249. The van der Waals surface area contributed by atoms with E-state index in [1.807, 2.05) is 18.2 Å². The maximum absolute atomic E-state index is 5.72. The summed E-state index contributed by atoms with van der Waals surface area (Å²) < 4.78 is 10.9. The Labute approximate surface area is 84.9 Å². The topological polar surface area (TPSA) is 18.5 Å². The molecule has 0 spiro atoms. The molecule has 0 aromatic heterocycles. The van der Waals surface area contributed by atoms with Crippen LogP contribution in [0.2, 0.25) is 0 Å². The third-order valence-electron chi connectivity index (χ3n) is 2.01. The van der Waals surface area contributed by atoms with Crippen molar-refractivity contribution in [3.63, 3.8) is 0 Å². The molecule has 0 radical (unpaired) electrons. The summed E-state index contributed by atoms with van der Waals surface area (Å²) in [6.07, 6.45) is 0. The van der Waals surface area contributed by atoms with Gasteiger partial charge in [-0.2, -0.15) is 0 Å². The fourth-order valence-corrected chi connectivity index (χ4v) is 2.06. The Morgan fingerprint density at radius 1 is 1.23 bits per heavy atom. The van der Waals surface area contributed by atoms with E-state index in [0.29, 0.717) is 0 Å². The van der Waals surface area contributed by atoms with Crippen LogP contribution in [0.1, 0.15) is 19.4 Å². The summed E-state index contributed by atoms with van der Waals surface area (Å²) in [6.45, 7) is 4.16. The molecule has 13 heavy (non-hydrogen) atoms. The van der Waals surface area contributed by atoms with Crippen molar-refractivity contribution in [1.82, 2.24) is 0 Å². The van der Waals surface area contributed by atoms with Gasteiger partial charge in [0, 0.05) is 0 Å². The van der Waals surface area contributed by atoms with Gasteiger partial charge in [-0.15, -0.1) is 0 Å². The Kier molecular flexibility index (Phi) is 3.86. The van der Waals surface area contributed by atoms with Gasteiger partial charge in [-0.05, 0) is 19.4 Å². The van der Waals surface area contributed by atoms with Crippen molar-refractivity contribution in [3.05, 3.63) is 35.9 Å². The molecule has 0 N–H and O–H groups in total. The summed E-state index contributed by atoms with van der Waals surface area (Å²) >= 11 is 0. The van der Waals surface area contributed by atoms with Crippen LogP contribution in [0.5, 0.6) is 0 Å². The van der Waals surface area contributed by atoms with Crippen LogP contribution in [-0.4, -0.2) is 20.5 Å². The molecule has 0 saturated carbocycles. The number of hydrogen-bond donors (Lipinski definition) is 0. The molecule has 0 aliphatic heterocycles. The monoisotopic (exact) mass is 212 g/mol. The number of hydrogen-bond acceptors (Lipinski definition) is 2. The summed E-state index contributed by atoms with van der Waals surface area (Å²) in [5.41, 5.74) is 1.01. The van der Waals surface area contributed by atoms with Crippen molar-refractivity contribution >= 4 is 20.5 Å². The zero-order valence-electron chi connectivity index (χ0n) is 8.41. The van der Waals surface area contributed by atoms with Crippen LogP contribution in [0, 0.1) is 0 Å². The van der Waals surface area contributed by atoms with Gasteiger partial charge in [-0.25, -0.2) is 0 Å². The maximum Gasteiger partial charge on any atom is 0.294 e. The van der Waals surface area contributed by atoms with Gasteiger partial charge in [-0.1, -0.05) is 30.3 Å². The van der Waals surface area contributed by atoms with Gasteiger partial charge in [0.15, 0.2) is 0 Å². The first-order valence-corrected chi connectivity index (χ1v) is 6.32. The molecule has 0 fully saturated rings. The van der Waals surface area contributed by atoms with Crippen LogP contribution in [0.15, 0.2) is 30.3 Å². The molecule has 0 amide bonds. The predicted octanol–water partition coefficient (Wildman–Crippen LogP) is 0.234. The second-order valence-electron chi connectivity index (χ2n) is 3.43. The van der Waals surface area contributed by atoms with E-state index in [2.05, 4.69) is 26.0 Å². The van der Waals surface area contributed by atoms with E-state index in [1.54, 1.807) is 0 Å². The van der Waals surface area contributed by atoms with E-state index < -0.39 is 10.0 Å². The van der Waals surface area contributed by atoms with Crippen molar-refractivity contribution < 1.29 is 8.54 Å². The molecule has 0 bridgehead atoms. The molecule has 1 aromatic rings. The van der Waals surface area contributed by atoms with E-state index in [4.69, 9.17) is 8.54 Å².